The normalized spacial score (nSPS) is 22.7. The van der Waals surface area contributed by atoms with Crippen LogP contribution in [0.2, 0.25) is 0 Å². The fraction of sp³-hybridized carbons (Fsp3) is 0.391. The van der Waals surface area contributed by atoms with Crippen LogP contribution in [0.15, 0.2) is 30.6 Å². The minimum absolute atomic E-state index is 0.277. The minimum Gasteiger partial charge on any atom is -0.383 e. The molecule has 5 rings (SSSR count). The van der Waals surface area contributed by atoms with E-state index in [0.29, 0.717) is 28.6 Å². The summed E-state index contributed by atoms with van der Waals surface area (Å²) in [7, 11) is 0. The quantitative estimate of drug-likeness (QED) is 0.668. The van der Waals surface area contributed by atoms with Crippen molar-refractivity contribution in [2.45, 2.75) is 32.9 Å². The van der Waals surface area contributed by atoms with Crippen molar-refractivity contribution in [3.05, 3.63) is 36.2 Å². The van der Waals surface area contributed by atoms with Crippen molar-refractivity contribution >= 4 is 34.1 Å². The molecule has 0 unspecified atom stereocenters. The number of carbonyl (C=O) groups excluding carboxylic acids is 1. The van der Waals surface area contributed by atoms with Crippen molar-refractivity contribution in [2.75, 3.05) is 29.0 Å². The summed E-state index contributed by atoms with van der Waals surface area (Å²) in [4.78, 5) is 27.8. The first-order chi connectivity index (χ1) is 14.9. The van der Waals surface area contributed by atoms with E-state index in [1.807, 2.05) is 19.2 Å². The number of hydrogen-bond donors (Lipinski definition) is 2. The van der Waals surface area contributed by atoms with Gasteiger partial charge in [-0.2, -0.15) is 0 Å². The zero-order valence-electron chi connectivity index (χ0n) is 17.6. The highest BCUT2D eigenvalue weighted by atomic mass is 19.1. The maximum absolute atomic E-state index is 13.1. The third-order valence-corrected chi connectivity index (χ3v) is 6.17. The van der Waals surface area contributed by atoms with Gasteiger partial charge < -0.3 is 16.0 Å². The molecule has 0 spiro atoms. The Labute approximate surface area is 179 Å². The number of amides is 1. The predicted octanol–water partition coefficient (Wildman–Crippen LogP) is 3.73. The molecule has 31 heavy (non-hydrogen) atoms. The SMILES string of the molecule is Cc1cc(N2CC[C@H](C)C2)ncc1-c1cc2cc(NC(=O)[C@H]3C[C@H]3F)ncc2c(N)n1. The van der Waals surface area contributed by atoms with Crippen LogP contribution in [0.3, 0.4) is 0 Å². The van der Waals surface area contributed by atoms with Gasteiger partial charge in [-0.05, 0) is 54.8 Å². The highest BCUT2D eigenvalue weighted by Crippen LogP contribution is 2.35. The molecule has 0 bridgehead atoms. The molecule has 8 heteroatoms. The summed E-state index contributed by atoms with van der Waals surface area (Å²) in [5.74, 6) is 1.50. The average molecular weight is 420 g/mol. The number of nitrogens with one attached hydrogen (secondary N) is 1. The van der Waals surface area contributed by atoms with Gasteiger partial charge in [0.1, 0.15) is 23.6 Å². The third kappa shape index (κ3) is 3.78. The van der Waals surface area contributed by atoms with E-state index in [0.717, 1.165) is 35.4 Å². The second kappa shape index (κ2) is 7.44. The Morgan fingerprint density at radius 1 is 1.26 bits per heavy atom. The zero-order valence-corrected chi connectivity index (χ0v) is 17.6. The number of nitrogen functional groups attached to an aromatic ring is 1. The van der Waals surface area contributed by atoms with Crippen LogP contribution < -0.4 is 16.0 Å². The number of fused-ring (bicyclic) bond motifs is 1. The number of carbonyl (C=O) groups is 1. The van der Waals surface area contributed by atoms with E-state index >= 15 is 0 Å². The third-order valence-electron chi connectivity index (χ3n) is 6.17. The molecule has 3 aromatic heterocycles. The van der Waals surface area contributed by atoms with Crippen molar-refractivity contribution in [3.63, 3.8) is 0 Å². The predicted molar refractivity (Wildman–Crippen MR) is 120 cm³/mol. The van der Waals surface area contributed by atoms with Crippen LogP contribution in [0.5, 0.6) is 0 Å². The van der Waals surface area contributed by atoms with Gasteiger partial charge >= 0.3 is 0 Å². The molecule has 3 N–H and O–H groups in total. The number of alkyl halides is 1. The van der Waals surface area contributed by atoms with Crippen molar-refractivity contribution in [2.24, 2.45) is 11.8 Å². The van der Waals surface area contributed by atoms with Crippen LogP contribution in [-0.2, 0) is 4.79 Å². The molecule has 1 amide bonds. The maximum Gasteiger partial charge on any atom is 0.231 e. The van der Waals surface area contributed by atoms with E-state index in [9.17, 15) is 9.18 Å². The van der Waals surface area contributed by atoms with E-state index in [4.69, 9.17) is 5.73 Å². The highest BCUT2D eigenvalue weighted by molar-refractivity contribution is 5.98. The Morgan fingerprint density at radius 2 is 2.06 bits per heavy atom. The molecule has 160 valence electrons. The molecular weight excluding hydrogens is 395 g/mol. The van der Waals surface area contributed by atoms with Gasteiger partial charge in [0.2, 0.25) is 5.91 Å². The summed E-state index contributed by atoms with van der Waals surface area (Å²) in [6.07, 6.45) is 3.84. The van der Waals surface area contributed by atoms with Crippen LogP contribution >= 0.6 is 0 Å². The molecule has 1 aliphatic carbocycles. The zero-order chi connectivity index (χ0) is 21.7. The number of aryl methyl sites for hydroxylation is 1. The average Bonchev–Trinajstić information content (AvgIpc) is 3.31. The Balaban J connectivity index is 1.46. The first-order valence-electron chi connectivity index (χ1n) is 10.6. The molecule has 2 fully saturated rings. The van der Waals surface area contributed by atoms with Crippen molar-refractivity contribution in [1.82, 2.24) is 15.0 Å². The van der Waals surface area contributed by atoms with E-state index in [2.05, 4.69) is 38.2 Å². The number of anilines is 3. The van der Waals surface area contributed by atoms with E-state index in [-0.39, 0.29) is 12.3 Å². The van der Waals surface area contributed by atoms with Crippen LogP contribution in [0.4, 0.5) is 21.8 Å². The number of nitrogens with two attached hydrogens (primary N) is 1. The summed E-state index contributed by atoms with van der Waals surface area (Å²) in [6.45, 7) is 6.36. The van der Waals surface area contributed by atoms with Crippen LogP contribution in [-0.4, -0.2) is 40.1 Å². The number of halogens is 1. The van der Waals surface area contributed by atoms with Gasteiger partial charge in [-0.25, -0.2) is 19.3 Å². The van der Waals surface area contributed by atoms with Crippen LogP contribution in [0.1, 0.15) is 25.3 Å². The largest absolute Gasteiger partial charge is 0.383 e. The number of hydrogen-bond acceptors (Lipinski definition) is 6. The molecule has 1 aliphatic heterocycles. The standard InChI is InChI=1S/C23H25FN6O/c1-12-3-4-30(11-12)21-5-13(2)16(9-27-21)19-6-14-7-20(26-10-17(14)22(25)28-19)29-23(31)15-8-18(15)24/h5-7,9-10,12,15,18H,3-4,8,11H2,1-2H3,(H2,25,28)(H,26,29,31)/t12-,15-,18+/m0/s1. The number of pyridine rings is 3. The molecule has 4 heterocycles. The van der Waals surface area contributed by atoms with E-state index < -0.39 is 12.1 Å². The number of aromatic nitrogens is 3. The van der Waals surface area contributed by atoms with Gasteiger partial charge in [0.05, 0.1) is 11.6 Å². The summed E-state index contributed by atoms with van der Waals surface area (Å²) >= 11 is 0. The molecule has 1 saturated heterocycles. The first kappa shape index (κ1) is 19.7. The molecule has 1 saturated carbocycles. The minimum atomic E-state index is -1.05. The van der Waals surface area contributed by atoms with Crippen LogP contribution in [0, 0.1) is 18.8 Å². The molecule has 3 atom stereocenters. The van der Waals surface area contributed by atoms with Crippen LogP contribution in [0.25, 0.3) is 22.0 Å². The monoisotopic (exact) mass is 420 g/mol. The Hall–Kier alpha value is -3.29. The van der Waals surface area contributed by atoms with Crippen molar-refractivity contribution in [1.29, 1.82) is 0 Å². The molecule has 0 aromatic carbocycles. The van der Waals surface area contributed by atoms with Gasteiger partial charge in [0.25, 0.3) is 0 Å². The number of rotatable bonds is 4. The molecule has 2 aliphatic rings. The summed E-state index contributed by atoms with van der Waals surface area (Å²) in [5.41, 5.74) is 8.89. The van der Waals surface area contributed by atoms with E-state index in [1.54, 1.807) is 12.3 Å². The summed E-state index contributed by atoms with van der Waals surface area (Å²) < 4.78 is 13.1. The lowest BCUT2D eigenvalue weighted by Crippen LogP contribution is -2.20. The summed E-state index contributed by atoms with van der Waals surface area (Å²) in [5, 5.41) is 4.19. The topological polar surface area (TPSA) is 97.0 Å². The fourth-order valence-electron chi connectivity index (χ4n) is 4.16. The lowest BCUT2D eigenvalue weighted by Gasteiger charge is -2.18. The van der Waals surface area contributed by atoms with Gasteiger partial charge in [-0.1, -0.05) is 6.92 Å². The summed E-state index contributed by atoms with van der Waals surface area (Å²) in [6, 6.07) is 5.75. The smallest absolute Gasteiger partial charge is 0.231 e. The Morgan fingerprint density at radius 3 is 2.74 bits per heavy atom. The van der Waals surface area contributed by atoms with Gasteiger partial charge in [0, 0.05) is 36.4 Å². The van der Waals surface area contributed by atoms with Crippen molar-refractivity contribution in [3.8, 4) is 11.3 Å². The Bertz CT molecular complexity index is 1180. The number of nitrogens with zero attached hydrogens (tertiary/aromatic N) is 4. The maximum atomic E-state index is 13.1. The first-order valence-corrected chi connectivity index (χ1v) is 10.6. The molecule has 7 nitrogen and oxygen atoms in total. The van der Waals surface area contributed by atoms with Crippen molar-refractivity contribution < 1.29 is 9.18 Å². The van der Waals surface area contributed by atoms with Gasteiger partial charge in [-0.3, -0.25) is 4.79 Å². The fourth-order valence-corrected chi connectivity index (χ4v) is 4.16. The second-order valence-corrected chi connectivity index (χ2v) is 8.73. The van der Waals surface area contributed by atoms with E-state index in [1.165, 1.54) is 6.42 Å². The van der Waals surface area contributed by atoms with Gasteiger partial charge in [-0.15, -0.1) is 0 Å². The lowest BCUT2D eigenvalue weighted by molar-refractivity contribution is -0.117. The highest BCUT2D eigenvalue weighted by Gasteiger charge is 2.43. The second-order valence-electron chi connectivity index (χ2n) is 8.73. The Kier molecular flexibility index (Phi) is 4.72. The lowest BCUT2D eigenvalue weighted by atomic mass is 10.1. The molecular formula is C23H25FN6O. The molecule has 3 aromatic rings. The molecule has 0 radical (unpaired) electrons. The van der Waals surface area contributed by atoms with Gasteiger partial charge in [0.15, 0.2) is 0 Å².